The van der Waals surface area contributed by atoms with Crippen LogP contribution in [0.4, 0.5) is 11.4 Å². The van der Waals surface area contributed by atoms with Crippen LogP contribution in [0.3, 0.4) is 0 Å². The molecule has 0 aromatic heterocycles. The average molecular weight is 354 g/mol. The molecular formula is C20H22N2O4. The first-order valence-corrected chi connectivity index (χ1v) is 8.65. The van der Waals surface area contributed by atoms with Crippen molar-refractivity contribution in [2.45, 2.75) is 13.3 Å². The smallest absolute Gasteiger partial charge is 0.253 e. The minimum Gasteiger partial charge on any atom is -0.494 e. The van der Waals surface area contributed by atoms with Crippen LogP contribution in [0, 0.1) is 0 Å². The fraction of sp³-hybridized carbons (Fsp3) is 0.300. The first-order valence-electron chi connectivity index (χ1n) is 8.65. The van der Waals surface area contributed by atoms with Crippen molar-refractivity contribution in [2.24, 2.45) is 0 Å². The highest BCUT2D eigenvalue weighted by atomic mass is 16.5. The van der Waals surface area contributed by atoms with Crippen LogP contribution in [0.5, 0.6) is 5.75 Å². The van der Waals surface area contributed by atoms with Crippen LogP contribution >= 0.6 is 0 Å². The molecule has 1 heterocycles. The van der Waals surface area contributed by atoms with Crippen LogP contribution in [0.2, 0.25) is 0 Å². The summed E-state index contributed by atoms with van der Waals surface area (Å²) in [4.78, 5) is 25.7. The van der Waals surface area contributed by atoms with E-state index in [0.29, 0.717) is 25.4 Å². The number of anilines is 2. The Bertz CT molecular complexity index is 756. The van der Waals surface area contributed by atoms with Gasteiger partial charge in [-0.15, -0.1) is 0 Å². The molecule has 1 fully saturated rings. The molecule has 0 aliphatic carbocycles. The molecule has 0 unspecified atom stereocenters. The number of carbonyl (C=O) groups is 2. The van der Waals surface area contributed by atoms with Crippen LogP contribution in [-0.4, -0.2) is 38.2 Å². The summed E-state index contributed by atoms with van der Waals surface area (Å²) in [6.07, 6.45) is 0.288. The largest absolute Gasteiger partial charge is 0.494 e. The maximum Gasteiger partial charge on any atom is 0.253 e. The van der Waals surface area contributed by atoms with Crippen molar-refractivity contribution in [1.82, 2.24) is 0 Å². The number of amides is 2. The van der Waals surface area contributed by atoms with Crippen molar-refractivity contribution in [1.29, 1.82) is 0 Å². The summed E-state index contributed by atoms with van der Waals surface area (Å²) in [6, 6.07) is 14.8. The van der Waals surface area contributed by atoms with E-state index in [2.05, 4.69) is 5.32 Å². The maximum absolute atomic E-state index is 12.2. The van der Waals surface area contributed by atoms with Crippen LogP contribution in [0.1, 0.15) is 12.5 Å². The molecule has 3 rings (SSSR count). The third-order valence-electron chi connectivity index (χ3n) is 4.05. The van der Waals surface area contributed by atoms with Gasteiger partial charge >= 0.3 is 0 Å². The fourth-order valence-corrected chi connectivity index (χ4v) is 2.78. The zero-order valence-corrected chi connectivity index (χ0v) is 14.7. The molecule has 26 heavy (non-hydrogen) atoms. The predicted molar refractivity (Wildman–Crippen MR) is 99.6 cm³/mol. The van der Waals surface area contributed by atoms with Gasteiger partial charge < -0.3 is 19.7 Å². The maximum atomic E-state index is 12.2. The van der Waals surface area contributed by atoms with E-state index in [-0.39, 0.29) is 24.8 Å². The molecule has 0 spiro atoms. The molecule has 6 heteroatoms. The molecule has 2 aromatic rings. The van der Waals surface area contributed by atoms with Crippen molar-refractivity contribution < 1.29 is 19.1 Å². The van der Waals surface area contributed by atoms with Crippen molar-refractivity contribution in [2.75, 3.05) is 36.6 Å². The van der Waals surface area contributed by atoms with Crippen molar-refractivity contribution in [3.05, 3.63) is 54.1 Å². The number of morpholine rings is 1. The Balaban J connectivity index is 1.56. The Hall–Kier alpha value is -2.86. The fourth-order valence-electron chi connectivity index (χ4n) is 2.78. The zero-order chi connectivity index (χ0) is 18.4. The lowest BCUT2D eigenvalue weighted by Gasteiger charge is -2.26. The highest BCUT2D eigenvalue weighted by Gasteiger charge is 2.19. The molecule has 2 amide bonds. The number of hydrogen-bond donors (Lipinski definition) is 1. The molecule has 136 valence electrons. The summed E-state index contributed by atoms with van der Waals surface area (Å²) < 4.78 is 10.5. The molecule has 1 aliphatic heterocycles. The topological polar surface area (TPSA) is 67.9 Å². The molecule has 1 saturated heterocycles. The minimum absolute atomic E-state index is 0.0523. The molecule has 1 aliphatic rings. The van der Waals surface area contributed by atoms with E-state index in [9.17, 15) is 9.59 Å². The number of nitrogens with one attached hydrogen (secondary N) is 1. The van der Waals surface area contributed by atoms with E-state index in [1.807, 2.05) is 43.3 Å². The van der Waals surface area contributed by atoms with Crippen molar-refractivity contribution in [3.63, 3.8) is 0 Å². The quantitative estimate of drug-likeness (QED) is 0.866. The monoisotopic (exact) mass is 354 g/mol. The highest BCUT2D eigenvalue weighted by Crippen LogP contribution is 2.20. The lowest BCUT2D eigenvalue weighted by Crippen LogP contribution is -2.41. The molecular weight excluding hydrogens is 332 g/mol. The Kier molecular flexibility index (Phi) is 5.86. The van der Waals surface area contributed by atoms with Gasteiger partial charge in [0.15, 0.2) is 0 Å². The van der Waals surface area contributed by atoms with Gasteiger partial charge in [0.25, 0.3) is 5.91 Å². The van der Waals surface area contributed by atoms with Crippen LogP contribution in [0.15, 0.2) is 48.5 Å². The lowest BCUT2D eigenvalue weighted by molar-refractivity contribution is -0.125. The summed E-state index contributed by atoms with van der Waals surface area (Å²) in [5.41, 5.74) is 2.43. The van der Waals surface area contributed by atoms with E-state index in [1.165, 1.54) is 0 Å². The standard InChI is InChI=1S/C20H22N2O4/c1-2-26-18-9-3-15(4-10-18)13-19(23)21-16-5-7-17(8-6-16)22-11-12-25-14-20(22)24/h3-10H,2,11-14H2,1H3,(H,21,23). The van der Waals surface area contributed by atoms with E-state index < -0.39 is 0 Å². The SMILES string of the molecule is CCOc1ccc(CC(=O)Nc2ccc(N3CCOCC3=O)cc2)cc1. The van der Waals surface area contributed by atoms with Gasteiger partial charge in [0, 0.05) is 17.9 Å². The van der Waals surface area contributed by atoms with Crippen LogP contribution < -0.4 is 15.0 Å². The molecule has 1 N–H and O–H groups in total. The van der Waals surface area contributed by atoms with Crippen molar-refractivity contribution in [3.8, 4) is 5.75 Å². The minimum atomic E-state index is -0.0932. The normalized spacial score (nSPS) is 14.2. The Morgan fingerprint density at radius 1 is 1.15 bits per heavy atom. The van der Waals surface area contributed by atoms with Crippen LogP contribution in [-0.2, 0) is 20.7 Å². The summed E-state index contributed by atoms with van der Waals surface area (Å²) >= 11 is 0. The van der Waals surface area contributed by atoms with Gasteiger partial charge in [0.2, 0.25) is 5.91 Å². The first-order chi connectivity index (χ1) is 12.7. The van der Waals surface area contributed by atoms with Gasteiger partial charge in [-0.3, -0.25) is 9.59 Å². The van der Waals surface area contributed by atoms with E-state index >= 15 is 0 Å². The summed E-state index contributed by atoms with van der Waals surface area (Å²) in [7, 11) is 0. The Morgan fingerprint density at radius 3 is 2.54 bits per heavy atom. The molecule has 0 atom stereocenters. The highest BCUT2D eigenvalue weighted by molar-refractivity contribution is 5.96. The van der Waals surface area contributed by atoms with E-state index in [1.54, 1.807) is 17.0 Å². The van der Waals surface area contributed by atoms with Gasteiger partial charge in [-0.2, -0.15) is 0 Å². The summed E-state index contributed by atoms with van der Waals surface area (Å²) in [5.74, 6) is 0.651. The number of carbonyl (C=O) groups excluding carboxylic acids is 2. The third-order valence-corrected chi connectivity index (χ3v) is 4.05. The number of rotatable bonds is 6. The second-order valence-corrected chi connectivity index (χ2v) is 5.95. The number of nitrogens with zero attached hydrogens (tertiary/aromatic N) is 1. The van der Waals surface area contributed by atoms with Gasteiger partial charge in [-0.1, -0.05) is 12.1 Å². The number of hydrogen-bond acceptors (Lipinski definition) is 4. The Labute approximate surface area is 152 Å². The third kappa shape index (κ3) is 4.61. The molecule has 2 aromatic carbocycles. The summed E-state index contributed by atoms with van der Waals surface area (Å²) in [5, 5.41) is 2.87. The second-order valence-electron chi connectivity index (χ2n) is 5.95. The zero-order valence-electron chi connectivity index (χ0n) is 14.7. The lowest BCUT2D eigenvalue weighted by atomic mass is 10.1. The Morgan fingerprint density at radius 2 is 1.88 bits per heavy atom. The van der Waals surface area contributed by atoms with Gasteiger partial charge in [-0.25, -0.2) is 0 Å². The van der Waals surface area contributed by atoms with Crippen molar-refractivity contribution >= 4 is 23.2 Å². The average Bonchev–Trinajstić information content (AvgIpc) is 2.65. The second kappa shape index (κ2) is 8.49. The van der Waals surface area contributed by atoms with E-state index in [0.717, 1.165) is 17.0 Å². The van der Waals surface area contributed by atoms with Gasteiger partial charge in [0.1, 0.15) is 12.4 Å². The van der Waals surface area contributed by atoms with Gasteiger partial charge in [-0.05, 0) is 48.9 Å². The molecule has 0 radical (unpaired) electrons. The first kappa shape index (κ1) is 17.9. The van der Waals surface area contributed by atoms with Gasteiger partial charge in [0.05, 0.1) is 19.6 Å². The predicted octanol–water partition coefficient (Wildman–Crippen LogP) is 2.63. The van der Waals surface area contributed by atoms with E-state index in [4.69, 9.17) is 9.47 Å². The number of benzene rings is 2. The molecule has 0 bridgehead atoms. The number of ether oxygens (including phenoxy) is 2. The molecule has 0 saturated carbocycles. The summed E-state index contributed by atoms with van der Waals surface area (Å²) in [6.45, 7) is 3.74. The molecule has 6 nitrogen and oxygen atoms in total. The van der Waals surface area contributed by atoms with Crippen LogP contribution in [0.25, 0.3) is 0 Å².